The molecular weight excluding hydrogens is 398 g/mol. The van der Waals surface area contributed by atoms with Crippen LogP contribution in [0.15, 0.2) is 61.3 Å². The summed E-state index contributed by atoms with van der Waals surface area (Å²) in [4.78, 5) is 15.8. The molecule has 0 bridgehead atoms. The van der Waals surface area contributed by atoms with E-state index in [1.54, 1.807) is 6.33 Å². The highest BCUT2D eigenvalue weighted by atomic mass is 15.3. The van der Waals surface area contributed by atoms with Gasteiger partial charge in [-0.15, -0.1) is 0 Å². The van der Waals surface area contributed by atoms with Crippen molar-refractivity contribution < 1.29 is 0 Å². The van der Waals surface area contributed by atoms with Crippen molar-refractivity contribution in [2.75, 3.05) is 19.4 Å². The van der Waals surface area contributed by atoms with Gasteiger partial charge in [0.1, 0.15) is 12.1 Å². The molecule has 1 aromatic carbocycles. The zero-order valence-corrected chi connectivity index (χ0v) is 18.6. The van der Waals surface area contributed by atoms with Crippen LogP contribution in [0.2, 0.25) is 0 Å². The summed E-state index contributed by atoms with van der Waals surface area (Å²) < 4.78 is 1.92. The minimum atomic E-state index is 0.453. The molecule has 0 amide bonds. The van der Waals surface area contributed by atoms with Crippen LogP contribution in [-0.2, 0) is 6.54 Å². The van der Waals surface area contributed by atoms with Gasteiger partial charge in [0.15, 0.2) is 0 Å². The zero-order valence-electron chi connectivity index (χ0n) is 18.6. The summed E-state index contributed by atoms with van der Waals surface area (Å²) in [5.41, 5.74) is 4.13. The largest absolute Gasteiger partial charge is 0.367 e. The van der Waals surface area contributed by atoms with Gasteiger partial charge in [-0.1, -0.05) is 12.1 Å². The first-order valence-electron chi connectivity index (χ1n) is 11.3. The fraction of sp³-hybridized carbons (Fsp3) is 0.360. The number of benzene rings is 1. The molecule has 3 heterocycles. The maximum Gasteiger partial charge on any atom is 0.137 e. The molecule has 0 aliphatic heterocycles. The predicted octanol–water partition coefficient (Wildman–Crippen LogP) is 4.22. The van der Waals surface area contributed by atoms with Gasteiger partial charge in [0.05, 0.1) is 24.0 Å². The average Bonchev–Trinajstić information content (AvgIpc) is 3.28. The summed E-state index contributed by atoms with van der Waals surface area (Å²) in [6, 6.07) is 13.4. The van der Waals surface area contributed by atoms with Crippen molar-refractivity contribution in [2.45, 2.75) is 44.3 Å². The Bertz CT molecular complexity index is 1180. The van der Waals surface area contributed by atoms with Crippen LogP contribution < -0.4 is 5.32 Å². The monoisotopic (exact) mass is 427 g/mol. The fourth-order valence-corrected chi connectivity index (χ4v) is 4.54. The molecule has 1 fully saturated rings. The van der Waals surface area contributed by atoms with E-state index < -0.39 is 0 Å². The second-order valence-electron chi connectivity index (χ2n) is 8.82. The Morgan fingerprint density at radius 2 is 1.88 bits per heavy atom. The van der Waals surface area contributed by atoms with Crippen LogP contribution in [0.25, 0.3) is 22.0 Å². The predicted molar refractivity (Wildman–Crippen MR) is 127 cm³/mol. The van der Waals surface area contributed by atoms with Crippen molar-refractivity contribution in [3.8, 4) is 11.1 Å². The Balaban J connectivity index is 1.36. The number of nitrogens with zero attached hydrogens (tertiary/aromatic N) is 6. The first-order chi connectivity index (χ1) is 15.7. The number of pyridine rings is 1. The lowest BCUT2D eigenvalue weighted by Crippen LogP contribution is -2.36. The van der Waals surface area contributed by atoms with E-state index in [9.17, 15) is 0 Å². The van der Waals surface area contributed by atoms with Crippen LogP contribution in [0.1, 0.15) is 31.4 Å². The standard InChI is InChI=1S/C25H29N7/c1-31(2)22-9-7-20(8-10-22)30-25-23-13-18(6-11-24(23)27-17-28-25)19-14-29-32(15-19)16-21-5-3-4-12-26-21/h3-6,11-15,17,20,22H,7-10,16H2,1-2H3,(H,27,28,30)/t20-,22-. The SMILES string of the molecule is CN(C)[C@H]1CC[C@H](Nc2ncnc3ccc(-c4cnn(Cc5ccccn5)c4)cc23)CC1. The maximum absolute atomic E-state index is 4.59. The molecule has 5 rings (SSSR count). The topological polar surface area (TPSA) is 71.8 Å². The van der Waals surface area contributed by atoms with Gasteiger partial charge in [-0.05, 0) is 69.6 Å². The molecule has 0 unspecified atom stereocenters. The third kappa shape index (κ3) is 4.48. The van der Waals surface area contributed by atoms with Gasteiger partial charge in [0.2, 0.25) is 0 Å². The Morgan fingerprint density at radius 1 is 1.00 bits per heavy atom. The number of nitrogens with one attached hydrogen (secondary N) is 1. The Labute approximate surface area is 188 Å². The van der Waals surface area contributed by atoms with E-state index in [4.69, 9.17) is 0 Å². The van der Waals surface area contributed by atoms with E-state index in [0.29, 0.717) is 18.6 Å². The number of anilines is 1. The molecule has 7 nitrogen and oxygen atoms in total. The molecule has 7 heteroatoms. The lowest BCUT2D eigenvalue weighted by atomic mass is 9.90. The summed E-state index contributed by atoms with van der Waals surface area (Å²) >= 11 is 0. The lowest BCUT2D eigenvalue weighted by Gasteiger charge is -2.33. The van der Waals surface area contributed by atoms with E-state index in [1.165, 1.54) is 12.8 Å². The van der Waals surface area contributed by atoms with E-state index in [0.717, 1.165) is 46.4 Å². The van der Waals surface area contributed by atoms with Crippen LogP contribution in [0.5, 0.6) is 0 Å². The Hall–Kier alpha value is -3.32. The van der Waals surface area contributed by atoms with E-state index in [1.807, 2.05) is 35.3 Å². The van der Waals surface area contributed by atoms with Crippen molar-refractivity contribution in [2.24, 2.45) is 0 Å². The summed E-state index contributed by atoms with van der Waals surface area (Å²) in [6.45, 7) is 0.653. The van der Waals surface area contributed by atoms with Gasteiger partial charge < -0.3 is 10.2 Å². The maximum atomic E-state index is 4.59. The molecule has 3 aromatic heterocycles. The van der Waals surface area contributed by atoms with Crippen LogP contribution in [0, 0.1) is 0 Å². The molecule has 1 aliphatic carbocycles. The molecule has 1 N–H and O–H groups in total. The molecule has 1 aliphatic rings. The fourth-order valence-electron chi connectivity index (χ4n) is 4.54. The van der Waals surface area contributed by atoms with Gasteiger partial charge in [-0.2, -0.15) is 5.10 Å². The van der Waals surface area contributed by atoms with Crippen molar-refractivity contribution in [3.05, 3.63) is 67.0 Å². The summed E-state index contributed by atoms with van der Waals surface area (Å²) in [5, 5.41) is 9.29. The normalized spacial score (nSPS) is 18.8. The second-order valence-corrected chi connectivity index (χ2v) is 8.82. The minimum Gasteiger partial charge on any atom is -0.367 e. The number of rotatable bonds is 6. The van der Waals surface area contributed by atoms with Crippen molar-refractivity contribution in [1.82, 2.24) is 29.6 Å². The average molecular weight is 428 g/mol. The number of aromatic nitrogens is 5. The van der Waals surface area contributed by atoms with Gasteiger partial charge in [-0.25, -0.2) is 9.97 Å². The quantitative estimate of drug-likeness (QED) is 0.497. The lowest BCUT2D eigenvalue weighted by molar-refractivity contribution is 0.221. The molecule has 0 atom stereocenters. The smallest absolute Gasteiger partial charge is 0.137 e. The summed E-state index contributed by atoms with van der Waals surface area (Å²) in [7, 11) is 4.35. The van der Waals surface area contributed by atoms with Crippen LogP contribution in [0.4, 0.5) is 5.82 Å². The first kappa shape index (κ1) is 20.6. The van der Waals surface area contributed by atoms with Gasteiger partial charge >= 0.3 is 0 Å². The molecule has 0 saturated heterocycles. The summed E-state index contributed by atoms with van der Waals surface area (Å²) in [5.74, 6) is 0.922. The molecule has 164 valence electrons. The third-order valence-electron chi connectivity index (χ3n) is 6.42. The Morgan fingerprint density at radius 3 is 2.66 bits per heavy atom. The third-order valence-corrected chi connectivity index (χ3v) is 6.42. The van der Waals surface area contributed by atoms with Gasteiger partial charge in [0, 0.05) is 35.4 Å². The number of hydrogen-bond acceptors (Lipinski definition) is 6. The van der Waals surface area contributed by atoms with Crippen molar-refractivity contribution in [3.63, 3.8) is 0 Å². The van der Waals surface area contributed by atoms with Crippen LogP contribution in [-0.4, -0.2) is 55.8 Å². The molecule has 1 saturated carbocycles. The van der Waals surface area contributed by atoms with Crippen molar-refractivity contribution in [1.29, 1.82) is 0 Å². The second kappa shape index (κ2) is 9.04. The minimum absolute atomic E-state index is 0.453. The molecule has 32 heavy (non-hydrogen) atoms. The molecule has 0 radical (unpaired) electrons. The zero-order chi connectivity index (χ0) is 21.9. The van der Waals surface area contributed by atoms with Crippen LogP contribution >= 0.6 is 0 Å². The van der Waals surface area contributed by atoms with E-state index in [-0.39, 0.29) is 0 Å². The highest BCUT2D eigenvalue weighted by Gasteiger charge is 2.23. The number of hydrogen-bond donors (Lipinski definition) is 1. The van der Waals surface area contributed by atoms with Crippen molar-refractivity contribution >= 4 is 16.7 Å². The molecule has 4 aromatic rings. The Kier molecular flexibility index (Phi) is 5.81. The molecule has 0 spiro atoms. The molecular formula is C25H29N7. The van der Waals surface area contributed by atoms with Gasteiger partial charge in [-0.3, -0.25) is 9.67 Å². The van der Waals surface area contributed by atoms with Crippen LogP contribution in [0.3, 0.4) is 0 Å². The summed E-state index contributed by atoms with van der Waals surface area (Å²) in [6.07, 6.45) is 12.2. The van der Waals surface area contributed by atoms with E-state index in [2.05, 4.69) is 68.8 Å². The highest BCUT2D eigenvalue weighted by molar-refractivity contribution is 5.92. The highest BCUT2D eigenvalue weighted by Crippen LogP contribution is 2.29. The van der Waals surface area contributed by atoms with E-state index >= 15 is 0 Å². The number of fused-ring (bicyclic) bond motifs is 1. The first-order valence-corrected chi connectivity index (χ1v) is 11.3. The van der Waals surface area contributed by atoms with Gasteiger partial charge in [0.25, 0.3) is 0 Å².